The number of nitrogens with two attached hydrogens (primary N) is 1. The summed E-state index contributed by atoms with van der Waals surface area (Å²) < 4.78 is 0. The molecule has 3 nitrogen and oxygen atoms in total. The zero-order valence-electron chi connectivity index (χ0n) is 10.8. The van der Waals surface area contributed by atoms with E-state index in [1.54, 1.807) is 6.92 Å². The first-order chi connectivity index (χ1) is 6.79. The number of hydrogen-bond acceptors (Lipinski definition) is 2. The second kappa shape index (κ2) is 6.11. The minimum absolute atomic E-state index is 0.0405. The van der Waals surface area contributed by atoms with E-state index in [0.717, 1.165) is 12.8 Å². The molecule has 3 N–H and O–H groups in total. The average Bonchev–Trinajstić information content (AvgIpc) is 2.14. The topological polar surface area (TPSA) is 55.1 Å². The van der Waals surface area contributed by atoms with Crippen LogP contribution in [0, 0.1) is 5.92 Å². The Kier molecular flexibility index (Phi) is 5.88. The largest absolute Gasteiger partial charge is 0.352 e. The lowest BCUT2D eigenvalue weighted by molar-refractivity contribution is -0.126. The van der Waals surface area contributed by atoms with Crippen LogP contribution in [-0.2, 0) is 4.79 Å². The highest BCUT2D eigenvalue weighted by Crippen LogP contribution is 2.09. The highest BCUT2D eigenvalue weighted by atomic mass is 16.2. The van der Waals surface area contributed by atoms with Crippen LogP contribution >= 0.6 is 0 Å². The molecule has 0 aliphatic heterocycles. The maximum Gasteiger partial charge on any atom is 0.239 e. The molecule has 0 aliphatic carbocycles. The molecule has 0 saturated carbocycles. The number of carbonyl (C=O) groups is 1. The summed E-state index contributed by atoms with van der Waals surface area (Å²) in [5.74, 6) is 0.640. The Balaban J connectivity index is 3.96. The molecule has 3 heteroatoms. The van der Waals surface area contributed by atoms with Crippen LogP contribution < -0.4 is 11.1 Å². The molecule has 2 unspecified atom stereocenters. The van der Waals surface area contributed by atoms with Crippen LogP contribution in [0.4, 0.5) is 0 Å². The van der Waals surface area contributed by atoms with Crippen LogP contribution in [0.1, 0.15) is 53.9 Å². The minimum atomic E-state index is -0.730. The number of carbonyl (C=O) groups excluding carboxylic acids is 1. The average molecular weight is 214 g/mol. The van der Waals surface area contributed by atoms with E-state index < -0.39 is 5.54 Å². The van der Waals surface area contributed by atoms with E-state index in [1.165, 1.54) is 0 Å². The molecule has 0 aromatic rings. The van der Waals surface area contributed by atoms with Gasteiger partial charge >= 0.3 is 0 Å². The predicted molar refractivity (Wildman–Crippen MR) is 64.6 cm³/mol. The molecule has 0 fully saturated rings. The van der Waals surface area contributed by atoms with Gasteiger partial charge in [0.15, 0.2) is 0 Å². The Morgan fingerprint density at radius 3 is 2.27 bits per heavy atom. The van der Waals surface area contributed by atoms with Crippen LogP contribution in [0.25, 0.3) is 0 Å². The molecule has 0 rings (SSSR count). The molecular weight excluding hydrogens is 188 g/mol. The molecule has 0 aliphatic rings. The Morgan fingerprint density at radius 2 is 1.87 bits per heavy atom. The fraction of sp³-hybridized carbons (Fsp3) is 0.917. The van der Waals surface area contributed by atoms with E-state index in [0.29, 0.717) is 12.3 Å². The first-order valence-electron chi connectivity index (χ1n) is 5.89. The maximum absolute atomic E-state index is 11.7. The van der Waals surface area contributed by atoms with Gasteiger partial charge in [0.05, 0.1) is 5.54 Å². The first-order valence-corrected chi connectivity index (χ1v) is 5.89. The van der Waals surface area contributed by atoms with Crippen LogP contribution in [0.3, 0.4) is 0 Å². The van der Waals surface area contributed by atoms with E-state index in [1.807, 2.05) is 13.8 Å². The van der Waals surface area contributed by atoms with Crippen molar-refractivity contribution < 1.29 is 4.79 Å². The summed E-state index contributed by atoms with van der Waals surface area (Å²) in [4.78, 5) is 11.7. The molecule has 0 saturated heterocycles. The number of rotatable bonds is 6. The summed E-state index contributed by atoms with van der Waals surface area (Å²) in [6, 6.07) is 0.217. The van der Waals surface area contributed by atoms with Crippen molar-refractivity contribution in [3.8, 4) is 0 Å². The molecule has 0 aromatic carbocycles. The molecule has 0 bridgehead atoms. The zero-order chi connectivity index (χ0) is 12.1. The first kappa shape index (κ1) is 14.4. The Hall–Kier alpha value is -0.570. The molecular formula is C12H26N2O. The normalized spacial score (nSPS) is 17.3. The summed E-state index contributed by atoms with van der Waals surface area (Å²) in [5, 5.41) is 2.96. The van der Waals surface area contributed by atoms with Crippen LogP contribution in [0.2, 0.25) is 0 Å². The van der Waals surface area contributed by atoms with E-state index in [-0.39, 0.29) is 11.9 Å². The fourth-order valence-corrected chi connectivity index (χ4v) is 1.20. The van der Waals surface area contributed by atoms with Crippen molar-refractivity contribution in [2.24, 2.45) is 11.7 Å². The Morgan fingerprint density at radius 1 is 1.33 bits per heavy atom. The zero-order valence-corrected chi connectivity index (χ0v) is 10.8. The van der Waals surface area contributed by atoms with E-state index in [4.69, 9.17) is 5.73 Å². The molecule has 15 heavy (non-hydrogen) atoms. The van der Waals surface area contributed by atoms with Crippen molar-refractivity contribution in [2.45, 2.75) is 65.5 Å². The van der Waals surface area contributed by atoms with Crippen LogP contribution in [0.15, 0.2) is 0 Å². The van der Waals surface area contributed by atoms with Crippen LogP contribution in [0.5, 0.6) is 0 Å². The lowest BCUT2D eigenvalue weighted by Crippen LogP contribution is -2.53. The van der Waals surface area contributed by atoms with Crippen molar-refractivity contribution >= 4 is 5.91 Å². The van der Waals surface area contributed by atoms with Crippen molar-refractivity contribution in [1.29, 1.82) is 0 Å². The van der Waals surface area contributed by atoms with Crippen molar-refractivity contribution in [2.75, 3.05) is 0 Å². The Labute approximate surface area is 93.8 Å². The molecule has 0 aromatic heterocycles. The van der Waals surface area contributed by atoms with Crippen LogP contribution in [-0.4, -0.2) is 17.5 Å². The lowest BCUT2D eigenvalue weighted by Gasteiger charge is -2.24. The third kappa shape index (κ3) is 5.78. The molecule has 1 amide bonds. The third-order valence-electron chi connectivity index (χ3n) is 2.81. The third-order valence-corrected chi connectivity index (χ3v) is 2.81. The molecule has 0 spiro atoms. The summed E-state index contributed by atoms with van der Waals surface area (Å²) in [6.07, 6.45) is 2.81. The van der Waals surface area contributed by atoms with Gasteiger partial charge < -0.3 is 11.1 Å². The maximum atomic E-state index is 11.7. The van der Waals surface area contributed by atoms with Gasteiger partial charge in [0, 0.05) is 6.04 Å². The summed E-state index contributed by atoms with van der Waals surface area (Å²) in [5.41, 5.74) is 5.12. The Bertz CT molecular complexity index is 200. The smallest absolute Gasteiger partial charge is 0.239 e. The van der Waals surface area contributed by atoms with Gasteiger partial charge in [0.25, 0.3) is 0 Å². The van der Waals surface area contributed by atoms with Gasteiger partial charge in [-0.2, -0.15) is 0 Å². The van der Waals surface area contributed by atoms with E-state index in [2.05, 4.69) is 19.2 Å². The van der Waals surface area contributed by atoms with Gasteiger partial charge in [0.1, 0.15) is 0 Å². The quantitative estimate of drug-likeness (QED) is 0.711. The minimum Gasteiger partial charge on any atom is -0.352 e. The van der Waals surface area contributed by atoms with E-state index in [9.17, 15) is 4.79 Å². The molecule has 0 heterocycles. The number of amides is 1. The highest BCUT2D eigenvalue weighted by Gasteiger charge is 2.26. The van der Waals surface area contributed by atoms with E-state index >= 15 is 0 Å². The van der Waals surface area contributed by atoms with Gasteiger partial charge in [0.2, 0.25) is 5.91 Å². The summed E-state index contributed by atoms with van der Waals surface area (Å²) in [6.45, 7) is 10.1. The van der Waals surface area contributed by atoms with Gasteiger partial charge in [-0.05, 0) is 39.0 Å². The monoisotopic (exact) mass is 214 g/mol. The standard InChI is InChI=1S/C12H26N2O/c1-6-12(5,13)11(15)14-10(4)8-7-9(2)3/h9-10H,6-8,13H2,1-5H3,(H,14,15). The van der Waals surface area contributed by atoms with Gasteiger partial charge in [-0.1, -0.05) is 20.8 Å². The number of nitrogens with one attached hydrogen (secondary N) is 1. The molecule has 0 radical (unpaired) electrons. The van der Waals surface area contributed by atoms with Gasteiger partial charge in [-0.25, -0.2) is 0 Å². The second-order valence-electron chi connectivity index (χ2n) is 5.12. The second-order valence-corrected chi connectivity index (χ2v) is 5.12. The van der Waals surface area contributed by atoms with Crippen molar-refractivity contribution in [1.82, 2.24) is 5.32 Å². The summed E-state index contributed by atoms with van der Waals surface area (Å²) in [7, 11) is 0. The molecule has 2 atom stereocenters. The van der Waals surface area contributed by atoms with Crippen molar-refractivity contribution in [3.05, 3.63) is 0 Å². The van der Waals surface area contributed by atoms with Gasteiger partial charge in [-0.15, -0.1) is 0 Å². The SMILES string of the molecule is CCC(C)(N)C(=O)NC(C)CCC(C)C. The van der Waals surface area contributed by atoms with Gasteiger partial charge in [-0.3, -0.25) is 4.79 Å². The summed E-state index contributed by atoms with van der Waals surface area (Å²) >= 11 is 0. The predicted octanol–water partition coefficient (Wildman–Crippen LogP) is 2.05. The molecule has 90 valence electrons. The fourth-order valence-electron chi connectivity index (χ4n) is 1.20. The lowest BCUT2D eigenvalue weighted by atomic mass is 9.98. The number of hydrogen-bond donors (Lipinski definition) is 2. The van der Waals surface area contributed by atoms with Crippen molar-refractivity contribution in [3.63, 3.8) is 0 Å². The highest BCUT2D eigenvalue weighted by molar-refractivity contribution is 5.85.